The van der Waals surface area contributed by atoms with Crippen LogP contribution in [0.15, 0.2) is 79.1 Å². The standard InChI is InChI=1S/C19H17NO/c21-18-8-6-17(7-9-18)19(16-4-2-1-3-5-16)14-15-10-12-20-13-11-15/h1-13,19,21H,14H2/t19-/m1/s1. The summed E-state index contributed by atoms with van der Waals surface area (Å²) in [5.74, 6) is 0.573. The van der Waals surface area contributed by atoms with Crippen molar-refractivity contribution >= 4 is 0 Å². The summed E-state index contributed by atoms with van der Waals surface area (Å²) in [6.45, 7) is 0. The SMILES string of the molecule is Oc1ccc([C@H](Cc2ccncc2)c2ccccc2)cc1. The Balaban J connectivity index is 1.97. The largest absolute Gasteiger partial charge is 0.508 e. The molecule has 0 fully saturated rings. The highest BCUT2D eigenvalue weighted by Crippen LogP contribution is 2.29. The van der Waals surface area contributed by atoms with Crippen LogP contribution in [0.2, 0.25) is 0 Å². The summed E-state index contributed by atoms with van der Waals surface area (Å²) in [6.07, 6.45) is 4.57. The van der Waals surface area contributed by atoms with E-state index in [1.54, 1.807) is 12.1 Å². The molecule has 0 radical (unpaired) electrons. The van der Waals surface area contributed by atoms with Gasteiger partial charge in [0.05, 0.1) is 0 Å². The van der Waals surface area contributed by atoms with E-state index in [4.69, 9.17) is 0 Å². The first-order chi connectivity index (χ1) is 10.3. The number of hydrogen-bond acceptors (Lipinski definition) is 2. The molecule has 0 spiro atoms. The normalized spacial score (nSPS) is 12.0. The molecule has 0 bridgehead atoms. The van der Waals surface area contributed by atoms with Crippen molar-refractivity contribution in [3.8, 4) is 5.75 Å². The van der Waals surface area contributed by atoms with E-state index in [-0.39, 0.29) is 5.92 Å². The molecular weight excluding hydrogens is 258 g/mol. The van der Waals surface area contributed by atoms with E-state index in [9.17, 15) is 5.11 Å². The number of phenols is 1. The van der Waals surface area contributed by atoms with Crippen LogP contribution in [0, 0.1) is 0 Å². The van der Waals surface area contributed by atoms with E-state index in [0.29, 0.717) is 5.75 Å². The monoisotopic (exact) mass is 275 g/mol. The minimum atomic E-state index is 0.272. The van der Waals surface area contributed by atoms with Gasteiger partial charge in [-0.3, -0.25) is 4.98 Å². The zero-order chi connectivity index (χ0) is 14.5. The van der Waals surface area contributed by atoms with Crippen molar-refractivity contribution < 1.29 is 5.11 Å². The van der Waals surface area contributed by atoms with Crippen molar-refractivity contribution in [2.24, 2.45) is 0 Å². The van der Waals surface area contributed by atoms with Crippen LogP contribution in [-0.4, -0.2) is 10.1 Å². The van der Waals surface area contributed by atoms with Gasteiger partial charge in [0.1, 0.15) is 5.75 Å². The van der Waals surface area contributed by atoms with Crippen LogP contribution in [0.4, 0.5) is 0 Å². The number of benzene rings is 2. The average Bonchev–Trinajstić information content (AvgIpc) is 2.55. The zero-order valence-electron chi connectivity index (χ0n) is 11.7. The van der Waals surface area contributed by atoms with Gasteiger partial charge in [0.15, 0.2) is 0 Å². The molecule has 1 atom stereocenters. The van der Waals surface area contributed by atoms with Crippen molar-refractivity contribution in [1.82, 2.24) is 4.98 Å². The maximum atomic E-state index is 9.49. The molecule has 2 aromatic carbocycles. The number of phenolic OH excluding ortho intramolecular Hbond substituents is 1. The number of aromatic hydroxyl groups is 1. The third-order valence-corrected chi connectivity index (χ3v) is 3.69. The van der Waals surface area contributed by atoms with Crippen LogP contribution in [0.3, 0.4) is 0 Å². The fourth-order valence-electron chi connectivity index (χ4n) is 2.57. The van der Waals surface area contributed by atoms with Crippen molar-refractivity contribution in [2.75, 3.05) is 0 Å². The molecule has 0 saturated carbocycles. The van der Waals surface area contributed by atoms with Gasteiger partial charge in [-0.2, -0.15) is 0 Å². The van der Waals surface area contributed by atoms with E-state index in [2.05, 4.69) is 41.4 Å². The van der Waals surface area contributed by atoms with E-state index in [1.807, 2.05) is 30.6 Å². The van der Waals surface area contributed by atoms with Crippen molar-refractivity contribution in [3.05, 3.63) is 95.8 Å². The number of hydrogen-bond donors (Lipinski definition) is 1. The fourth-order valence-corrected chi connectivity index (χ4v) is 2.57. The molecule has 104 valence electrons. The maximum Gasteiger partial charge on any atom is 0.115 e. The molecule has 3 rings (SSSR count). The minimum absolute atomic E-state index is 0.272. The predicted octanol–water partition coefficient (Wildman–Crippen LogP) is 4.16. The molecule has 1 aromatic heterocycles. The van der Waals surface area contributed by atoms with Crippen molar-refractivity contribution in [3.63, 3.8) is 0 Å². The molecule has 21 heavy (non-hydrogen) atoms. The number of rotatable bonds is 4. The molecule has 3 aromatic rings. The lowest BCUT2D eigenvalue weighted by atomic mass is 9.86. The molecule has 0 amide bonds. The summed E-state index contributed by atoms with van der Waals surface area (Å²) >= 11 is 0. The van der Waals surface area contributed by atoms with Gasteiger partial charge in [-0.1, -0.05) is 42.5 Å². The maximum absolute atomic E-state index is 9.49. The highest BCUT2D eigenvalue weighted by atomic mass is 16.3. The Hall–Kier alpha value is -2.61. The van der Waals surface area contributed by atoms with E-state index in [1.165, 1.54) is 16.7 Å². The highest BCUT2D eigenvalue weighted by Gasteiger charge is 2.14. The van der Waals surface area contributed by atoms with Gasteiger partial charge in [0, 0.05) is 18.3 Å². The summed E-state index contributed by atoms with van der Waals surface area (Å²) in [7, 11) is 0. The molecule has 0 unspecified atom stereocenters. The summed E-state index contributed by atoms with van der Waals surface area (Å²) in [4.78, 5) is 4.08. The van der Waals surface area contributed by atoms with E-state index < -0.39 is 0 Å². The lowest BCUT2D eigenvalue weighted by Gasteiger charge is -2.18. The van der Waals surface area contributed by atoms with Crippen molar-refractivity contribution in [2.45, 2.75) is 12.3 Å². The Morgan fingerprint density at radius 1 is 0.762 bits per heavy atom. The van der Waals surface area contributed by atoms with Gasteiger partial charge in [0.25, 0.3) is 0 Å². The summed E-state index contributed by atoms with van der Waals surface area (Å²) in [6, 6.07) is 22.1. The van der Waals surface area contributed by atoms with Crippen LogP contribution in [0.1, 0.15) is 22.6 Å². The van der Waals surface area contributed by atoms with Crippen LogP contribution >= 0.6 is 0 Å². The van der Waals surface area contributed by atoms with Gasteiger partial charge < -0.3 is 5.11 Å². The molecule has 1 heterocycles. The molecule has 0 aliphatic carbocycles. The lowest BCUT2D eigenvalue weighted by Crippen LogP contribution is -2.05. The van der Waals surface area contributed by atoms with Crippen LogP contribution in [0.5, 0.6) is 5.75 Å². The molecule has 2 heteroatoms. The number of pyridine rings is 1. The third kappa shape index (κ3) is 3.29. The van der Waals surface area contributed by atoms with Gasteiger partial charge in [0.2, 0.25) is 0 Å². The second-order valence-corrected chi connectivity index (χ2v) is 5.11. The van der Waals surface area contributed by atoms with Gasteiger partial charge in [-0.15, -0.1) is 0 Å². The first kappa shape index (κ1) is 13.4. The second kappa shape index (κ2) is 6.23. The highest BCUT2D eigenvalue weighted by molar-refractivity contribution is 5.37. The first-order valence-electron chi connectivity index (χ1n) is 7.06. The second-order valence-electron chi connectivity index (χ2n) is 5.11. The third-order valence-electron chi connectivity index (χ3n) is 3.69. The Morgan fingerprint density at radius 2 is 1.38 bits per heavy atom. The van der Waals surface area contributed by atoms with Gasteiger partial charge in [-0.25, -0.2) is 0 Å². The minimum Gasteiger partial charge on any atom is -0.508 e. The van der Waals surface area contributed by atoms with E-state index >= 15 is 0 Å². The molecule has 0 aliphatic rings. The van der Waals surface area contributed by atoms with Crippen LogP contribution < -0.4 is 0 Å². The smallest absolute Gasteiger partial charge is 0.115 e. The van der Waals surface area contributed by atoms with Gasteiger partial charge >= 0.3 is 0 Å². The quantitative estimate of drug-likeness (QED) is 0.775. The molecule has 1 N–H and O–H groups in total. The van der Waals surface area contributed by atoms with Crippen molar-refractivity contribution in [1.29, 1.82) is 0 Å². The molecule has 0 aliphatic heterocycles. The molecular formula is C19H17NO. The summed E-state index contributed by atoms with van der Waals surface area (Å²) < 4.78 is 0. The number of aromatic nitrogens is 1. The summed E-state index contributed by atoms with van der Waals surface area (Å²) in [5.41, 5.74) is 3.74. The fraction of sp³-hybridized carbons (Fsp3) is 0.105. The van der Waals surface area contributed by atoms with Gasteiger partial charge in [-0.05, 0) is 47.4 Å². The lowest BCUT2D eigenvalue weighted by molar-refractivity contribution is 0.475. The number of nitrogens with zero attached hydrogens (tertiary/aromatic N) is 1. The topological polar surface area (TPSA) is 33.1 Å². The predicted molar refractivity (Wildman–Crippen MR) is 84.3 cm³/mol. The van der Waals surface area contributed by atoms with Crippen LogP contribution in [-0.2, 0) is 6.42 Å². The van der Waals surface area contributed by atoms with E-state index in [0.717, 1.165) is 6.42 Å². The molecule has 2 nitrogen and oxygen atoms in total. The Morgan fingerprint density at radius 3 is 2.05 bits per heavy atom. The molecule has 0 saturated heterocycles. The Labute approximate surface area is 124 Å². The zero-order valence-corrected chi connectivity index (χ0v) is 11.7. The average molecular weight is 275 g/mol. The first-order valence-corrected chi connectivity index (χ1v) is 7.06. The Bertz CT molecular complexity index is 678. The summed E-state index contributed by atoms with van der Waals surface area (Å²) in [5, 5.41) is 9.49. The van der Waals surface area contributed by atoms with Crippen LogP contribution in [0.25, 0.3) is 0 Å². The Kier molecular flexibility index (Phi) is 3.97.